The Morgan fingerprint density at radius 2 is 1.89 bits per heavy atom. The van der Waals surface area contributed by atoms with Crippen molar-refractivity contribution in [3.05, 3.63) is 56.4 Å². The standard InChI is InChI=1S/C22H28N2O3/c1-8-15-12-16(24-11-10-18(25)23-20(24)26)13-17(19(15)27-7)22(5,6)14-21(3,4)9-2/h1,10-13H,9,14H2,2-7H3,(H,23,25,26). The van der Waals surface area contributed by atoms with E-state index in [-0.39, 0.29) is 10.8 Å². The molecule has 0 saturated heterocycles. The largest absolute Gasteiger partial charge is 0.495 e. The monoisotopic (exact) mass is 368 g/mol. The summed E-state index contributed by atoms with van der Waals surface area (Å²) in [6, 6.07) is 4.96. The number of nitrogens with zero attached hydrogens (tertiary/aromatic N) is 1. The van der Waals surface area contributed by atoms with Crippen molar-refractivity contribution in [1.29, 1.82) is 0 Å². The molecule has 0 radical (unpaired) electrons. The van der Waals surface area contributed by atoms with Crippen LogP contribution in [-0.4, -0.2) is 16.7 Å². The minimum Gasteiger partial charge on any atom is -0.495 e. The van der Waals surface area contributed by atoms with Crippen molar-refractivity contribution >= 4 is 0 Å². The number of aromatic amines is 1. The maximum absolute atomic E-state index is 12.3. The number of nitrogens with one attached hydrogen (secondary N) is 1. The van der Waals surface area contributed by atoms with Crippen LogP contribution in [0.25, 0.3) is 5.69 Å². The smallest absolute Gasteiger partial charge is 0.332 e. The Morgan fingerprint density at radius 3 is 2.41 bits per heavy atom. The summed E-state index contributed by atoms with van der Waals surface area (Å²) < 4.78 is 7.04. The molecule has 0 spiro atoms. The van der Waals surface area contributed by atoms with Crippen molar-refractivity contribution in [2.45, 2.75) is 52.9 Å². The van der Waals surface area contributed by atoms with E-state index in [1.807, 2.05) is 6.07 Å². The number of methoxy groups -OCH3 is 1. The predicted molar refractivity (Wildman–Crippen MR) is 109 cm³/mol. The van der Waals surface area contributed by atoms with Crippen LogP contribution in [0.3, 0.4) is 0 Å². The van der Waals surface area contributed by atoms with E-state index < -0.39 is 11.2 Å². The van der Waals surface area contributed by atoms with Gasteiger partial charge in [0, 0.05) is 17.8 Å². The van der Waals surface area contributed by atoms with Crippen LogP contribution in [0.2, 0.25) is 0 Å². The molecule has 1 N–H and O–H groups in total. The Bertz CT molecular complexity index is 988. The molecule has 1 heterocycles. The summed E-state index contributed by atoms with van der Waals surface area (Å²) in [6.07, 6.45) is 9.14. The van der Waals surface area contributed by atoms with E-state index in [0.29, 0.717) is 17.0 Å². The first kappa shape index (κ1) is 20.6. The van der Waals surface area contributed by atoms with Crippen molar-refractivity contribution in [3.63, 3.8) is 0 Å². The highest BCUT2D eigenvalue weighted by Crippen LogP contribution is 2.43. The van der Waals surface area contributed by atoms with E-state index in [0.717, 1.165) is 18.4 Å². The summed E-state index contributed by atoms with van der Waals surface area (Å²) in [6.45, 7) is 11.0. The number of ether oxygens (including phenoxy) is 1. The van der Waals surface area contributed by atoms with Crippen LogP contribution in [-0.2, 0) is 5.41 Å². The molecule has 0 saturated carbocycles. The fourth-order valence-corrected chi connectivity index (χ4v) is 3.62. The fourth-order valence-electron chi connectivity index (χ4n) is 3.62. The molecule has 5 heteroatoms. The Balaban J connectivity index is 2.75. The molecule has 0 aliphatic carbocycles. The van der Waals surface area contributed by atoms with Gasteiger partial charge in [-0.1, -0.05) is 47.0 Å². The SMILES string of the molecule is C#Cc1cc(-n2ccc(=O)[nH]c2=O)cc(C(C)(C)CC(C)(C)CC)c1OC. The van der Waals surface area contributed by atoms with Crippen molar-refractivity contribution in [1.82, 2.24) is 9.55 Å². The lowest BCUT2D eigenvalue weighted by Crippen LogP contribution is -2.29. The first-order chi connectivity index (χ1) is 12.5. The Kier molecular flexibility index (Phi) is 5.70. The second-order valence-corrected chi connectivity index (χ2v) is 8.28. The van der Waals surface area contributed by atoms with Gasteiger partial charge in [0.2, 0.25) is 0 Å². The Labute approximate surface area is 160 Å². The fraction of sp³-hybridized carbons (Fsp3) is 0.455. The summed E-state index contributed by atoms with van der Waals surface area (Å²) in [5.41, 5.74) is 1.07. The second kappa shape index (κ2) is 7.48. The number of hydrogen-bond acceptors (Lipinski definition) is 3. The van der Waals surface area contributed by atoms with Crippen molar-refractivity contribution in [2.24, 2.45) is 5.41 Å². The van der Waals surface area contributed by atoms with Crippen LogP contribution in [0.1, 0.15) is 58.6 Å². The van der Waals surface area contributed by atoms with Crippen LogP contribution in [0.5, 0.6) is 5.75 Å². The normalized spacial score (nSPS) is 11.9. The van der Waals surface area contributed by atoms with Crippen molar-refractivity contribution < 1.29 is 4.74 Å². The number of H-pyrrole nitrogens is 1. The van der Waals surface area contributed by atoms with Crippen LogP contribution in [0.15, 0.2) is 34.0 Å². The topological polar surface area (TPSA) is 64.1 Å². The maximum atomic E-state index is 12.3. The third-order valence-corrected chi connectivity index (χ3v) is 5.14. The summed E-state index contributed by atoms with van der Waals surface area (Å²) in [7, 11) is 1.60. The van der Waals surface area contributed by atoms with Crippen LogP contribution >= 0.6 is 0 Å². The molecule has 27 heavy (non-hydrogen) atoms. The quantitative estimate of drug-likeness (QED) is 0.792. The first-order valence-corrected chi connectivity index (χ1v) is 9.06. The average Bonchev–Trinajstić information content (AvgIpc) is 2.59. The van der Waals surface area contributed by atoms with E-state index in [2.05, 4.69) is 45.5 Å². The minimum absolute atomic E-state index is 0.135. The van der Waals surface area contributed by atoms with Gasteiger partial charge in [-0.3, -0.25) is 14.3 Å². The van der Waals surface area contributed by atoms with Crippen molar-refractivity contribution in [3.8, 4) is 23.8 Å². The molecule has 2 aromatic rings. The summed E-state index contributed by atoms with van der Waals surface area (Å²) in [4.78, 5) is 25.9. The third kappa shape index (κ3) is 4.33. The van der Waals surface area contributed by atoms with Crippen LogP contribution in [0, 0.1) is 17.8 Å². The summed E-state index contributed by atoms with van der Waals surface area (Å²) in [5, 5.41) is 0. The highest BCUT2D eigenvalue weighted by molar-refractivity contribution is 5.58. The third-order valence-electron chi connectivity index (χ3n) is 5.14. The number of benzene rings is 1. The molecule has 144 valence electrons. The molecular formula is C22H28N2O3. The van der Waals surface area contributed by atoms with Crippen LogP contribution in [0.4, 0.5) is 0 Å². The van der Waals surface area contributed by atoms with Gasteiger partial charge in [0.25, 0.3) is 5.56 Å². The number of rotatable bonds is 6. The lowest BCUT2D eigenvalue weighted by atomic mass is 9.70. The molecule has 5 nitrogen and oxygen atoms in total. The zero-order valence-corrected chi connectivity index (χ0v) is 17.0. The summed E-state index contributed by atoms with van der Waals surface area (Å²) in [5.74, 6) is 3.31. The van der Waals surface area contributed by atoms with Gasteiger partial charge in [-0.25, -0.2) is 4.79 Å². The molecule has 0 unspecified atom stereocenters. The van der Waals surface area contributed by atoms with Gasteiger partial charge in [0.1, 0.15) is 5.75 Å². The van der Waals surface area contributed by atoms with Gasteiger partial charge < -0.3 is 4.74 Å². The summed E-state index contributed by atoms with van der Waals surface area (Å²) >= 11 is 0. The zero-order valence-electron chi connectivity index (χ0n) is 17.0. The highest BCUT2D eigenvalue weighted by Gasteiger charge is 2.32. The van der Waals surface area contributed by atoms with Gasteiger partial charge in [-0.15, -0.1) is 6.42 Å². The average molecular weight is 368 g/mol. The van der Waals surface area contributed by atoms with Gasteiger partial charge in [0.15, 0.2) is 0 Å². The van der Waals surface area contributed by atoms with Crippen molar-refractivity contribution in [2.75, 3.05) is 7.11 Å². The number of terminal acetylenes is 1. The molecule has 1 aromatic carbocycles. The van der Waals surface area contributed by atoms with Gasteiger partial charge in [-0.05, 0) is 29.4 Å². The molecule has 0 aliphatic rings. The lowest BCUT2D eigenvalue weighted by molar-refractivity contribution is 0.243. The predicted octanol–water partition coefficient (Wildman–Crippen LogP) is 3.62. The molecule has 0 fully saturated rings. The Hall–Kier alpha value is -2.74. The highest BCUT2D eigenvalue weighted by atomic mass is 16.5. The van der Waals surface area contributed by atoms with Gasteiger partial charge in [-0.2, -0.15) is 0 Å². The van der Waals surface area contributed by atoms with Gasteiger partial charge in [0.05, 0.1) is 18.4 Å². The Morgan fingerprint density at radius 1 is 1.22 bits per heavy atom. The maximum Gasteiger partial charge on any atom is 0.332 e. The zero-order chi connectivity index (χ0) is 20.4. The molecule has 0 amide bonds. The molecule has 0 atom stereocenters. The molecule has 2 rings (SSSR count). The molecular weight excluding hydrogens is 340 g/mol. The van der Waals surface area contributed by atoms with Crippen LogP contribution < -0.4 is 16.0 Å². The first-order valence-electron chi connectivity index (χ1n) is 9.06. The van der Waals surface area contributed by atoms with E-state index >= 15 is 0 Å². The van der Waals surface area contributed by atoms with Gasteiger partial charge >= 0.3 is 5.69 Å². The second-order valence-electron chi connectivity index (χ2n) is 8.28. The number of aromatic nitrogens is 2. The van der Waals surface area contributed by atoms with E-state index in [1.165, 1.54) is 16.8 Å². The molecule has 1 aromatic heterocycles. The molecule has 0 bridgehead atoms. The molecule has 0 aliphatic heterocycles. The minimum atomic E-state index is -0.506. The van der Waals surface area contributed by atoms with E-state index in [9.17, 15) is 9.59 Å². The number of hydrogen-bond donors (Lipinski definition) is 1. The van der Waals surface area contributed by atoms with E-state index in [4.69, 9.17) is 11.2 Å². The van der Waals surface area contributed by atoms with E-state index in [1.54, 1.807) is 13.2 Å². The lowest BCUT2D eigenvalue weighted by Gasteiger charge is -2.36.